The quantitative estimate of drug-likeness (QED) is 0.693. The topological polar surface area (TPSA) is 49.8 Å². The van der Waals surface area contributed by atoms with Crippen molar-refractivity contribution in [3.8, 4) is 0 Å². The van der Waals surface area contributed by atoms with Gasteiger partial charge in [-0.2, -0.15) is 12.6 Å². The molecule has 0 radical (unpaired) electrons. The van der Waals surface area contributed by atoms with Gasteiger partial charge in [0.15, 0.2) is 0 Å². The van der Waals surface area contributed by atoms with Crippen molar-refractivity contribution in [2.24, 2.45) is 5.92 Å². The van der Waals surface area contributed by atoms with Gasteiger partial charge in [0.1, 0.15) is 18.0 Å². The average molecular weight is 266 g/mol. The zero-order valence-corrected chi connectivity index (χ0v) is 11.6. The number of hydrogen-bond donors (Lipinski definition) is 3. The van der Waals surface area contributed by atoms with Crippen molar-refractivity contribution in [1.29, 1.82) is 0 Å². The highest BCUT2D eigenvalue weighted by atomic mass is 32.1. The van der Waals surface area contributed by atoms with E-state index in [-0.39, 0.29) is 0 Å². The van der Waals surface area contributed by atoms with Gasteiger partial charge in [-0.3, -0.25) is 0 Å². The molecule has 0 saturated heterocycles. The first-order chi connectivity index (χ1) is 8.88. The number of nitrogens with zero attached hydrogens (tertiary/aromatic N) is 2. The largest absolute Gasteiger partial charge is 0.370 e. The summed E-state index contributed by atoms with van der Waals surface area (Å²) in [6.45, 7) is 1.85. The van der Waals surface area contributed by atoms with Crippen LogP contribution in [0, 0.1) is 5.92 Å². The molecule has 0 aliphatic heterocycles. The lowest BCUT2D eigenvalue weighted by Crippen LogP contribution is -2.17. The van der Waals surface area contributed by atoms with Crippen LogP contribution in [0.4, 0.5) is 11.6 Å². The van der Waals surface area contributed by atoms with E-state index in [4.69, 9.17) is 0 Å². The molecule has 1 aromatic heterocycles. The number of thiol groups is 1. The summed E-state index contributed by atoms with van der Waals surface area (Å²) in [7, 11) is 0. The van der Waals surface area contributed by atoms with Crippen molar-refractivity contribution in [3.05, 3.63) is 12.4 Å². The first-order valence-electron chi connectivity index (χ1n) is 6.79. The van der Waals surface area contributed by atoms with Crippen LogP contribution in [0.5, 0.6) is 0 Å². The predicted octanol–water partition coefficient (Wildman–Crippen LogP) is 2.81. The van der Waals surface area contributed by atoms with Crippen molar-refractivity contribution in [2.75, 3.05) is 29.5 Å². The van der Waals surface area contributed by atoms with Gasteiger partial charge in [-0.1, -0.05) is 19.3 Å². The van der Waals surface area contributed by atoms with Crippen LogP contribution < -0.4 is 10.6 Å². The van der Waals surface area contributed by atoms with Gasteiger partial charge in [0.05, 0.1) is 0 Å². The van der Waals surface area contributed by atoms with Crippen LogP contribution >= 0.6 is 12.6 Å². The molecule has 0 spiro atoms. The van der Waals surface area contributed by atoms with E-state index in [0.29, 0.717) is 0 Å². The zero-order chi connectivity index (χ0) is 12.6. The maximum atomic E-state index is 4.25. The van der Waals surface area contributed by atoms with Crippen LogP contribution in [0.3, 0.4) is 0 Å². The van der Waals surface area contributed by atoms with Gasteiger partial charge in [-0.05, 0) is 18.8 Å². The maximum Gasteiger partial charge on any atom is 0.131 e. The smallest absolute Gasteiger partial charge is 0.131 e. The Balaban J connectivity index is 1.80. The summed E-state index contributed by atoms with van der Waals surface area (Å²) in [6, 6.07) is 1.96. The summed E-state index contributed by atoms with van der Waals surface area (Å²) in [5.74, 6) is 3.39. The van der Waals surface area contributed by atoms with E-state index in [2.05, 4.69) is 33.2 Å². The monoisotopic (exact) mass is 266 g/mol. The number of hydrogen-bond acceptors (Lipinski definition) is 5. The Morgan fingerprint density at radius 2 is 1.83 bits per heavy atom. The molecule has 0 unspecified atom stereocenters. The summed E-state index contributed by atoms with van der Waals surface area (Å²) >= 11 is 4.17. The molecule has 1 heterocycles. The normalized spacial score (nSPS) is 16.5. The standard InChI is InChI=1S/C13H22N4S/c18-7-6-14-12-8-13(17-10-16-12)15-9-11-4-2-1-3-5-11/h8,10-11,18H,1-7,9H2,(H2,14,15,16,17). The third kappa shape index (κ3) is 4.37. The summed E-state index contributed by atoms with van der Waals surface area (Å²) in [5, 5.41) is 6.63. The fourth-order valence-corrected chi connectivity index (χ4v) is 2.49. The fourth-order valence-electron chi connectivity index (χ4n) is 2.37. The summed E-state index contributed by atoms with van der Waals surface area (Å²) < 4.78 is 0. The summed E-state index contributed by atoms with van der Waals surface area (Å²) in [6.07, 6.45) is 8.47. The summed E-state index contributed by atoms with van der Waals surface area (Å²) in [5.41, 5.74) is 0. The van der Waals surface area contributed by atoms with Crippen molar-refractivity contribution in [3.63, 3.8) is 0 Å². The lowest BCUT2D eigenvalue weighted by molar-refractivity contribution is 0.373. The van der Waals surface area contributed by atoms with Gasteiger partial charge >= 0.3 is 0 Å². The average Bonchev–Trinajstić information content (AvgIpc) is 2.44. The molecule has 100 valence electrons. The molecule has 2 N–H and O–H groups in total. The molecule has 0 bridgehead atoms. The Morgan fingerprint density at radius 3 is 2.56 bits per heavy atom. The molecule has 18 heavy (non-hydrogen) atoms. The second-order valence-corrected chi connectivity index (χ2v) is 5.27. The minimum Gasteiger partial charge on any atom is -0.370 e. The van der Waals surface area contributed by atoms with Gasteiger partial charge < -0.3 is 10.6 Å². The zero-order valence-electron chi connectivity index (χ0n) is 10.7. The first-order valence-corrected chi connectivity index (χ1v) is 7.42. The van der Waals surface area contributed by atoms with Gasteiger partial charge in [0.2, 0.25) is 0 Å². The molecule has 0 atom stereocenters. The number of aromatic nitrogens is 2. The highest BCUT2D eigenvalue weighted by Crippen LogP contribution is 2.23. The van der Waals surface area contributed by atoms with Gasteiger partial charge in [0.25, 0.3) is 0 Å². The van der Waals surface area contributed by atoms with E-state index >= 15 is 0 Å². The third-order valence-electron chi connectivity index (χ3n) is 3.38. The van der Waals surface area contributed by atoms with Crippen LogP contribution in [-0.4, -0.2) is 28.8 Å². The molecule has 2 rings (SSSR count). The van der Waals surface area contributed by atoms with Crippen LogP contribution in [0.2, 0.25) is 0 Å². The van der Waals surface area contributed by atoms with Crippen molar-refractivity contribution in [2.45, 2.75) is 32.1 Å². The molecule has 1 fully saturated rings. The Bertz CT molecular complexity index is 353. The Kier molecular flexibility index (Phi) is 5.58. The third-order valence-corrected chi connectivity index (χ3v) is 3.61. The van der Waals surface area contributed by atoms with E-state index in [1.807, 2.05) is 6.07 Å². The minimum atomic E-state index is 0.800. The fraction of sp³-hybridized carbons (Fsp3) is 0.692. The number of anilines is 2. The predicted molar refractivity (Wildman–Crippen MR) is 79.4 cm³/mol. The molecular weight excluding hydrogens is 244 g/mol. The molecule has 5 heteroatoms. The highest BCUT2D eigenvalue weighted by Gasteiger charge is 2.13. The van der Waals surface area contributed by atoms with Crippen molar-refractivity contribution >= 4 is 24.3 Å². The second kappa shape index (κ2) is 7.46. The first kappa shape index (κ1) is 13.5. The number of nitrogens with one attached hydrogen (secondary N) is 2. The Labute approximate surface area is 114 Å². The van der Waals surface area contributed by atoms with Gasteiger partial charge in [-0.15, -0.1) is 0 Å². The van der Waals surface area contributed by atoms with Crippen LogP contribution in [0.1, 0.15) is 32.1 Å². The lowest BCUT2D eigenvalue weighted by atomic mass is 9.89. The van der Waals surface area contributed by atoms with Crippen LogP contribution in [0.25, 0.3) is 0 Å². The molecule has 4 nitrogen and oxygen atoms in total. The SMILES string of the molecule is SCCNc1cc(NCC2CCCCC2)ncn1. The van der Waals surface area contributed by atoms with Crippen LogP contribution in [0.15, 0.2) is 12.4 Å². The van der Waals surface area contributed by atoms with E-state index < -0.39 is 0 Å². The second-order valence-electron chi connectivity index (χ2n) is 4.82. The summed E-state index contributed by atoms with van der Waals surface area (Å²) in [4.78, 5) is 8.43. The van der Waals surface area contributed by atoms with E-state index in [1.54, 1.807) is 6.33 Å². The molecule has 1 aliphatic carbocycles. The molecule has 1 saturated carbocycles. The lowest BCUT2D eigenvalue weighted by Gasteiger charge is -2.22. The molecular formula is C13H22N4S. The molecule has 0 amide bonds. The van der Waals surface area contributed by atoms with E-state index in [1.165, 1.54) is 32.1 Å². The van der Waals surface area contributed by atoms with Crippen molar-refractivity contribution < 1.29 is 0 Å². The van der Waals surface area contributed by atoms with Gasteiger partial charge in [0, 0.05) is 24.9 Å². The Morgan fingerprint density at radius 1 is 1.11 bits per heavy atom. The van der Waals surface area contributed by atoms with E-state index in [0.717, 1.165) is 36.4 Å². The molecule has 1 aromatic rings. The molecule has 0 aromatic carbocycles. The Hall–Kier alpha value is -0.970. The van der Waals surface area contributed by atoms with E-state index in [9.17, 15) is 0 Å². The highest BCUT2D eigenvalue weighted by molar-refractivity contribution is 7.80. The molecule has 1 aliphatic rings. The van der Waals surface area contributed by atoms with Crippen LogP contribution in [-0.2, 0) is 0 Å². The minimum absolute atomic E-state index is 0.800. The van der Waals surface area contributed by atoms with Crippen molar-refractivity contribution in [1.82, 2.24) is 9.97 Å². The maximum absolute atomic E-state index is 4.25. The van der Waals surface area contributed by atoms with Gasteiger partial charge in [-0.25, -0.2) is 9.97 Å². The number of rotatable bonds is 6.